The number of carbonyl (C=O) groups excluding carboxylic acids is 1. The van der Waals surface area contributed by atoms with E-state index in [0.29, 0.717) is 13.1 Å². The molecule has 0 radical (unpaired) electrons. The Morgan fingerprint density at radius 2 is 1.86 bits per heavy atom. The van der Waals surface area contributed by atoms with Crippen molar-refractivity contribution in [1.29, 1.82) is 0 Å². The zero-order chi connectivity index (χ0) is 15.1. The molecule has 0 aliphatic carbocycles. The van der Waals surface area contributed by atoms with E-state index in [-0.39, 0.29) is 6.03 Å². The molecular formula is C16H19N3O2. The Morgan fingerprint density at radius 1 is 1.14 bits per heavy atom. The largest absolute Gasteiger partial charge is 0.496 e. The van der Waals surface area contributed by atoms with E-state index in [1.807, 2.05) is 48.5 Å². The van der Waals surface area contributed by atoms with Gasteiger partial charge in [0.25, 0.3) is 0 Å². The maximum absolute atomic E-state index is 11.9. The van der Waals surface area contributed by atoms with Crippen molar-refractivity contribution in [2.24, 2.45) is 5.73 Å². The van der Waals surface area contributed by atoms with Gasteiger partial charge in [0.2, 0.25) is 0 Å². The summed E-state index contributed by atoms with van der Waals surface area (Å²) >= 11 is 0. The van der Waals surface area contributed by atoms with Crippen LogP contribution in [-0.2, 0) is 13.1 Å². The predicted octanol–water partition coefficient (Wildman–Crippen LogP) is 2.48. The highest BCUT2D eigenvalue weighted by molar-refractivity contribution is 5.89. The number of hydrogen-bond acceptors (Lipinski definition) is 3. The fraction of sp³-hybridized carbons (Fsp3) is 0.188. The number of urea groups is 1. The van der Waals surface area contributed by atoms with Crippen LogP contribution in [0.5, 0.6) is 5.75 Å². The minimum absolute atomic E-state index is 0.263. The molecule has 2 aromatic carbocycles. The number of methoxy groups -OCH3 is 1. The molecule has 0 unspecified atom stereocenters. The molecule has 0 aliphatic heterocycles. The summed E-state index contributed by atoms with van der Waals surface area (Å²) in [5.74, 6) is 0.755. The Kier molecular flexibility index (Phi) is 5.17. The zero-order valence-corrected chi connectivity index (χ0v) is 11.9. The Labute approximate surface area is 124 Å². The quantitative estimate of drug-likeness (QED) is 0.790. The van der Waals surface area contributed by atoms with Gasteiger partial charge < -0.3 is 21.1 Å². The van der Waals surface area contributed by atoms with Gasteiger partial charge in [-0.15, -0.1) is 0 Å². The first-order chi connectivity index (χ1) is 10.2. The molecule has 2 aromatic rings. The fourth-order valence-corrected chi connectivity index (χ4v) is 1.92. The van der Waals surface area contributed by atoms with Crippen LogP contribution in [0.4, 0.5) is 10.5 Å². The summed E-state index contributed by atoms with van der Waals surface area (Å²) in [4.78, 5) is 11.9. The lowest BCUT2D eigenvalue weighted by Crippen LogP contribution is -2.28. The maximum atomic E-state index is 11.9. The van der Waals surface area contributed by atoms with Crippen molar-refractivity contribution < 1.29 is 9.53 Å². The Morgan fingerprint density at radius 3 is 2.52 bits per heavy atom. The van der Waals surface area contributed by atoms with Gasteiger partial charge in [0, 0.05) is 24.3 Å². The molecule has 0 bridgehead atoms. The van der Waals surface area contributed by atoms with Gasteiger partial charge in [-0.2, -0.15) is 0 Å². The van der Waals surface area contributed by atoms with E-state index in [1.54, 1.807) is 7.11 Å². The molecule has 0 aromatic heterocycles. The Hall–Kier alpha value is -2.53. The number of para-hydroxylation sites is 1. The molecule has 110 valence electrons. The first kappa shape index (κ1) is 14.9. The van der Waals surface area contributed by atoms with E-state index in [0.717, 1.165) is 22.6 Å². The molecule has 4 N–H and O–H groups in total. The van der Waals surface area contributed by atoms with Crippen LogP contribution in [0.3, 0.4) is 0 Å². The van der Waals surface area contributed by atoms with E-state index in [1.165, 1.54) is 0 Å². The number of amides is 2. The van der Waals surface area contributed by atoms with Crippen LogP contribution in [0.25, 0.3) is 0 Å². The number of nitrogens with one attached hydrogen (secondary N) is 2. The molecule has 5 nitrogen and oxygen atoms in total. The summed E-state index contributed by atoms with van der Waals surface area (Å²) in [6.07, 6.45) is 0. The van der Waals surface area contributed by atoms with Crippen molar-refractivity contribution in [3.63, 3.8) is 0 Å². The molecular weight excluding hydrogens is 266 g/mol. The lowest BCUT2D eigenvalue weighted by molar-refractivity contribution is 0.251. The molecule has 2 amide bonds. The van der Waals surface area contributed by atoms with Crippen molar-refractivity contribution in [3.05, 3.63) is 59.7 Å². The van der Waals surface area contributed by atoms with Crippen LogP contribution in [0.1, 0.15) is 11.1 Å². The molecule has 0 aliphatic rings. The minimum Gasteiger partial charge on any atom is -0.496 e. The predicted molar refractivity (Wildman–Crippen MR) is 83.2 cm³/mol. The topological polar surface area (TPSA) is 76.4 Å². The summed E-state index contributed by atoms with van der Waals surface area (Å²) in [6, 6.07) is 14.7. The van der Waals surface area contributed by atoms with Crippen molar-refractivity contribution >= 4 is 11.7 Å². The number of ether oxygens (including phenoxy) is 1. The number of rotatable bonds is 5. The van der Waals surface area contributed by atoms with Crippen molar-refractivity contribution in [2.75, 3.05) is 12.4 Å². The van der Waals surface area contributed by atoms with Gasteiger partial charge >= 0.3 is 6.03 Å². The SMILES string of the molecule is COc1ccccc1CNC(=O)Nc1ccc(CN)cc1. The van der Waals surface area contributed by atoms with Gasteiger partial charge in [-0.25, -0.2) is 4.79 Å². The first-order valence-corrected chi connectivity index (χ1v) is 6.68. The van der Waals surface area contributed by atoms with E-state index in [2.05, 4.69) is 10.6 Å². The molecule has 0 saturated carbocycles. The molecule has 2 rings (SSSR count). The highest BCUT2D eigenvalue weighted by Gasteiger charge is 2.05. The van der Waals surface area contributed by atoms with E-state index in [9.17, 15) is 4.79 Å². The van der Waals surface area contributed by atoms with Gasteiger partial charge in [-0.1, -0.05) is 30.3 Å². The average molecular weight is 285 g/mol. The molecule has 0 fully saturated rings. The molecule has 5 heteroatoms. The third-order valence-electron chi connectivity index (χ3n) is 3.08. The van der Waals surface area contributed by atoms with Crippen LogP contribution < -0.4 is 21.1 Å². The molecule has 0 heterocycles. The number of hydrogen-bond donors (Lipinski definition) is 3. The monoisotopic (exact) mass is 285 g/mol. The standard InChI is InChI=1S/C16H19N3O2/c1-21-15-5-3-2-4-13(15)11-18-16(20)19-14-8-6-12(10-17)7-9-14/h2-9H,10-11,17H2,1H3,(H2,18,19,20). The second-order valence-electron chi connectivity index (χ2n) is 4.52. The van der Waals surface area contributed by atoms with Crippen LogP contribution in [0, 0.1) is 0 Å². The summed E-state index contributed by atoms with van der Waals surface area (Å²) in [5.41, 5.74) is 8.20. The molecule has 0 spiro atoms. The van der Waals surface area contributed by atoms with Gasteiger partial charge in [-0.05, 0) is 23.8 Å². The first-order valence-electron chi connectivity index (χ1n) is 6.68. The zero-order valence-electron chi connectivity index (χ0n) is 11.9. The number of anilines is 1. The van der Waals surface area contributed by atoms with Gasteiger partial charge in [-0.3, -0.25) is 0 Å². The van der Waals surface area contributed by atoms with Gasteiger partial charge in [0.05, 0.1) is 7.11 Å². The lowest BCUT2D eigenvalue weighted by atomic mass is 10.2. The third kappa shape index (κ3) is 4.22. The van der Waals surface area contributed by atoms with Crippen LogP contribution in [0.2, 0.25) is 0 Å². The van der Waals surface area contributed by atoms with Crippen LogP contribution >= 0.6 is 0 Å². The van der Waals surface area contributed by atoms with Crippen molar-refractivity contribution in [1.82, 2.24) is 5.32 Å². The molecule has 0 atom stereocenters. The van der Waals surface area contributed by atoms with Crippen molar-refractivity contribution in [3.8, 4) is 5.75 Å². The van der Waals surface area contributed by atoms with E-state index in [4.69, 9.17) is 10.5 Å². The van der Waals surface area contributed by atoms with E-state index < -0.39 is 0 Å². The number of carbonyl (C=O) groups is 1. The third-order valence-corrected chi connectivity index (χ3v) is 3.08. The second kappa shape index (κ2) is 7.31. The van der Waals surface area contributed by atoms with E-state index >= 15 is 0 Å². The van der Waals surface area contributed by atoms with Crippen molar-refractivity contribution in [2.45, 2.75) is 13.1 Å². The lowest BCUT2D eigenvalue weighted by Gasteiger charge is -2.10. The number of nitrogens with two attached hydrogens (primary N) is 1. The average Bonchev–Trinajstić information content (AvgIpc) is 2.54. The highest BCUT2D eigenvalue weighted by atomic mass is 16.5. The van der Waals surface area contributed by atoms with Gasteiger partial charge in [0.15, 0.2) is 0 Å². The fourth-order valence-electron chi connectivity index (χ4n) is 1.92. The summed E-state index contributed by atoms with van der Waals surface area (Å²) in [7, 11) is 1.61. The summed E-state index contributed by atoms with van der Waals surface area (Å²) < 4.78 is 5.24. The second-order valence-corrected chi connectivity index (χ2v) is 4.52. The molecule has 0 saturated heterocycles. The summed E-state index contributed by atoms with van der Waals surface area (Å²) in [6.45, 7) is 0.886. The smallest absolute Gasteiger partial charge is 0.319 e. The Balaban J connectivity index is 1.89. The normalized spacial score (nSPS) is 10.0. The maximum Gasteiger partial charge on any atom is 0.319 e. The highest BCUT2D eigenvalue weighted by Crippen LogP contribution is 2.16. The minimum atomic E-state index is -0.263. The number of benzene rings is 2. The van der Waals surface area contributed by atoms with Crippen LogP contribution in [0.15, 0.2) is 48.5 Å². The Bertz CT molecular complexity index is 597. The van der Waals surface area contributed by atoms with Gasteiger partial charge in [0.1, 0.15) is 5.75 Å². The van der Waals surface area contributed by atoms with Crippen LogP contribution in [-0.4, -0.2) is 13.1 Å². The molecule has 21 heavy (non-hydrogen) atoms. The summed E-state index contributed by atoms with van der Waals surface area (Å²) in [5, 5.41) is 5.57.